The van der Waals surface area contributed by atoms with Crippen molar-refractivity contribution in [1.82, 2.24) is 10.2 Å². The van der Waals surface area contributed by atoms with E-state index in [1.165, 1.54) is 4.90 Å². The number of hydrogen-bond acceptors (Lipinski definition) is 5. The van der Waals surface area contributed by atoms with Crippen molar-refractivity contribution in [3.05, 3.63) is 29.8 Å². The SMILES string of the molecule is CCN=C(NC(=O)OC(C)(C)C)Nc1cccc(CN(C)C(=O)OC(C)(C)C)c1. The van der Waals surface area contributed by atoms with Crippen LogP contribution in [-0.4, -0.2) is 47.8 Å². The summed E-state index contributed by atoms with van der Waals surface area (Å²) < 4.78 is 10.6. The largest absolute Gasteiger partial charge is 0.444 e. The topological polar surface area (TPSA) is 92.3 Å². The molecular weight excluding hydrogens is 372 g/mol. The first kappa shape index (κ1) is 24.3. The van der Waals surface area contributed by atoms with Gasteiger partial charge in [0.2, 0.25) is 5.96 Å². The number of alkyl carbamates (subject to hydrolysis) is 1. The Morgan fingerprint density at radius 3 is 2.24 bits per heavy atom. The number of carbonyl (C=O) groups is 2. The molecule has 162 valence electrons. The van der Waals surface area contributed by atoms with E-state index in [9.17, 15) is 9.59 Å². The highest BCUT2D eigenvalue weighted by Gasteiger charge is 2.20. The standard InChI is InChI=1S/C21H34N4O4/c1-9-22-17(24-18(26)28-20(2,3)4)23-16-12-10-11-15(13-16)14-25(8)19(27)29-21(5,6)7/h10-13H,9,14H2,1-8H3,(H2,22,23,24,26). The average molecular weight is 407 g/mol. The van der Waals surface area contributed by atoms with E-state index < -0.39 is 23.4 Å². The number of rotatable bonds is 4. The first-order chi connectivity index (χ1) is 13.3. The highest BCUT2D eigenvalue weighted by Crippen LogP contribution is 2.15. The molecule has 29 heavy (non-hydrogen) atoms. The van der Waals surface area contributed by atoms with Gasteiger partial charge in [0.1, 0.15) is 11.2 Å². The Bertz CT molecular complexity index is 733. The molecule has 0 radical (unpaired) electrons. The highest BCUT2D eigenvalue weighted by atomic mass is 16.6. The molecule has 1 aromatic rings. The van der Waals surface area contributed by atoms with Crippen LogP contribution in [-0.2, 0) is 16.0 Å². The number of ether oxygens (including phenoxy) is 2. The summed E-state index contributed by atoms with van der Waals surface area (Å²) in [6.45, 7) is 13.6. The van der Waals surface area contributed by atoms with Crippen LogP contribution in [0.2, 0.25) is 0 Å². The molecule has 0 saturated carbocycles. The summed E-state index contributed by atoms with van der Waals surface area (Å²) in [5, 5.41) is 5.70. The first-order valence-corrected chi connectivity index (χ1v) is 9.63. The zero-order chi connectivity index (χ0) is 22.2. The second-order valence-corrected chi connectivity index (χ2v) is 8.61. The fourth-order valence-corrected chi connectivity index (χ4v) is 2.23. The summed E-state index contributed by atoms with van der Waals surface area (Å²) in [5.74, 6) is 0.291. The highest BCUT2D eigenvalue weighted by molar-refractivity contribution is 6.02. The minimum absolute atomic E-state index is 0.291. The summed E-state index contributed by atoms with van der Waals surface area (Å²) in [7, 11) is 1.68. The van der Waals surface area contributed by atoms with Gasteiger partial charge in [0.25, 0.3) is 0 Å². The van der Waals surface area contributed by atoms with E-state index in [0.29, 0.717) is 19.0 Å². The smallest absolute Gasteiger partial charge is 0.414 e. The van der Waals surface area contributed by atoms with Crippen molar-refractivity contribution >= 4 is 23.8 Å². The number of anilines is 1. The van der Waals surface area contributed by atoms with Crippen LogP contribution in [0.3, 0.4) is 0 Å². The molecule has 8 heteroatoms. The van der Waals surface area contributed by atoms with Crippen molar-refractivity contribution in [1.29, 1.82) is 0 Å². The van der Waals surface area contributed by atoms with Crippen LogP contribution >= 0.6 is 0 Å². The van der Waals surface area contributed by atoms with Crippen LogP contribution in [0.4, 0.5) is 15.3 Å². The van der Waals surface area contributed by atoms with E-state index in [1.54, 1.807) is 27.8 Å². The lowest BCUT2D eigenvalue weighted by atomic mass is 10.2. The van der Waals surface area contributed by atoms with Crippen LogP contribution in [0.15, 0.2) is 29.3 Å². The molecule has 1 aromatic carbocycles. The van der Waals surface area contributed by atoms with Crippen LogP contribution in [0.1, 0.15) is 54.0 Å². The van der Waals surface area contributed by atoms with Gasteiger partial charge in [0.05, 0.1) is 0 Å². The maximum absolute atomic E-state index is 12.2. The maximum atomic E-state index is 12.2. The molecule has 0 bridgehead atoms. The Balaban J connectivity index is 2.80. The lowest BCUT2D eigenvalue weighted by Gasteiger charge is -2.24. The Hall–Kier alpha value is -2.77. The maximum Gasteiger partial charge on any atom is 0.414 e. The molecule has 0 aromatic heterocycles. The van der Waals surface area contributed by atoms with Gasteiger partial charge in [-0.2, -0.15) is 0 Å². The molecule has 2 N–H and O–H groups in total. The van der Waals surface area contributed by atoms with E-state index in [-0.39, 0.29) is 0 Å². The minimum atomic E-state index is -0.604. The summed E-state index contributed by atoms with van der Waals surface area (Å²) >= 11 is 0. The Kier molecular flexibility index (Phi) is 8.48. The first-order valence-electron chi connectivity index (χ1n) is 9.63. The lowest BCUT2D eigenvalue weighted by Crippen LogP contribution is -2.40. The van der Waals surface area contributed by atoms with Gasteiger partial charge in [-0.15, -0.1) is 0 Å². The zero-order valence-electron chi connectivity index (χ0n) is 18.8. The molecule has 2 amide bonds. The van der Waals surface area contributed by atoms with E-state index >= 15 is 0 Å². The Morgan fingerprint density at radius 2 is 1.69 bits per heavy atom. The predicted octanol–water partition coefficient (Wildman–Crippen LogP) is 4.37. The molecule has 1 rings (SSSR count). The predicted molar refractivity (Wildman–Crippen MR) is 115 cm³/mol. The second-order valence-electron chi connectivity index (χ2n) is 8.61. The Labute approximate surface area is 173 Å². The van der Waals surface area contributed by atoms with Crippen molar-refractivity contribution in [3.8, 4) is 0 Å². The molecule has 0 spiro atoms. The summed E-state index contributed by atoms with van der Waals surface area (Å²) in [6.07, 6.45) is -0.978. The van der Waals surface area contributed by atoms with Gasteiger partial charge in [0.15, 0.2) is 0 Å². The fourth-order valence-electron chi connectivity index (χ4n) is 2.23. The van der Waals surface area contributed by atoms with Gasteiger partial charge >= 0.3 is 12.2 Å². The minimum Gasteiger partial charge on any atom is -0.444 e. The molecule has 0 aliphatic rings. The molecule has 8 nitrogen and oxygen atoms in total. The Morgan fingerprint density at radius 1 is 1.07 bits per heavy atom. The van der Waals surface area contributed by atoms with E-state index in [0.717, 1.165) is 11.3 Å². The lowest BCUT2D eigenvalue weighted by molar-refractivity contribution is 0.0284. The molecular formula is C21H34N4O4. The van der Waals surface area contributed by atoms with Crippen molar-refractivity contribution in [2.75, 3.05) is 18.9 Å². The normalized spacial score (nSPS) is 12.2. The van der Waals surface area contributed by atoms with Crippen molar-refractivity contribution < 1.29 is 19.1 Å². The molecule has 0 atom stereocenters. The van der Waals surface area contributed by atoms with Crippen LogP contribution in [0, 0.1) is 0 Å². The number of guanidine groups is 1. The fraction of sp³-hybridized carbons (Fsp3) is 0.571. The van der Waals surface area contributed by atoms with Gasteiger partial charge in [0, 0.05) is 25.8 Å². The van der Waals surface area contributed by atoms with E-state index in [2.05, 4.69) is 15.6 Å². The quantitative estimate of drug-likeness (QED) is 0.572. The third-order valence-corrected chi connectivity index (χ3v) is 3.25. The number of benzene rings is 1. The van der Waals surface area contributed by atoms with E-state index in [1.807, 2.05) is 52.0 Å². The average Bonchev–Trinajstić information content (AvgIpc) is 2.51. The molecule has 0 heterocycles. The number of nitrogens with one attached hydrogen (secondary N) is 2. The van der Waals surface area contributed by atoms with E-state index in [4.69, 9.17) is 9.47 Å². The van der Waals surface area contributed by atoms with Crippen molar-refractivity contribution in [2.45, 2.75) is 66.2 Å². The molecule has 0 unspecified atom stereocenters. The number of hydrogen-bond donors (Lipinski definition) is 2. The number of nitrogens with zero attached hydrogens (tertiary/aromatic N) is 2. The van der Waals surface area contributed by atoms with Gasteiger partial charge < -0.3 is 19.7 Å². The van der Waals surface area contributed by atoms with Gasteiger partial charge in [-0.05, 0) is 66.2 Å². The number of aliphatic imine (C=N–C) groups is 1. The van der Waals surface area contributed by atoms with Crippen LogP contribution in [0.25, 0.3) is 0 Å². The second kappa shape index (κ2) is 10.1. The van der Waals surface area contributed by atoms with Crippen LogP contribution < -0.4 is 10.6 Å². The number of amides is 2. The third-order valence-electron chi connectivity index (χ3n) is 3.25. The number of carbonyl (C=O) groups excluding carboxylic acids is 2. The molecule has 0 fully saturated rings. The van der Waals surface area contributed by atoms with Crippen molar-refractivity contribution in [2.24, 2.45) is 4.99 Å². The van der Waals surface area contributed by atoms with Crippen molar-refractivity contribution in [3.63, 3.8) is 0 Å². The third kappa shape index (κ3) is 10.4. The van der Waals surface area contributed by atoms with Crippen LogP contribution in [0.5, 0.6) is 0 Å². The molecule has 0 aliphatic carbocycles. The zero-order valence-corrected chi connectivity index (χ0v) is 18.8. The van der Waals surface area contributed by atoms with Gasteiger partial charge in [-0.25, -0.2) is 9.59 Å². The molecule has 0 saturated heterocycles. The summed E-state index contributed by atoms with van der Waals surface area (Å²) in [6, 6.07) is 7.49. The monoisotopic (exact) mass is 406 g/mol. The molecule has 0 aliphatic heterocycles. The summed E-state index contributed by atoms with van der Waals surface area (Å²) in [5.41, 5.74) is 0.473. The summed E-state index contributed by atoms with van der Waals surface area (Å²) in [4.78, 5) is 29.9. The van der Waals surface area contributed by atoms with Gasteiger partial charge in [-0.1, -0.05) is 12.1 Å². The van der Waals surface area contributed by atoms with Gasteiger partial charge in [-0.3, -0.25) is 10.3 Å².